The number of carboxylic acids is 1. The van der Waals surface area contributed by atoms with Crippen LogP contribution in [0, 0.1) is 0 Å². The first kappa shape index (κ1) is 17.3. The van der Waals surface area contributed by atoms with Crippen molar-refractivity contribution in [1.29, 1.82) is 0 Å². The molecule has 0 bridgehead atoms. The Bertz CT molecular complexity index is 479. The maximum absolute atomic E-state index is 11.7. The van der Waals surface area contributed by atoms with E-state index in [1.54, 1.807) is 14.0 Å². The van der Waals surface area contributed by atoms with Crippen LogP contribution >= 0.6 is 11.3 Å². The van der Waals surface area contributed by atoms with Crippen molar-refractivity contribution in [3.8, 4) is 0 Å². The van der Waals surface area contributed by atoms with E-state index in [2.05, 4.69) is 15.6 Å². The van der Waals surface area contributed by atoms with Gasteiger partial charge in [-0.2, -0.15) is 0 Å². The first-order valence-electron chi connectivity index (χ1n) is 6.22. The van der Waals surface area contributed by atoms with Gasteiger partial charge >= 0.3 is 12.0 Å². The zero-order valence-corrected chi connectivity index (χ0v) is 12.9. The third-order valence-electron chi connectivity index (χ3n) is 2.64. The van der Waals surface area contributed by atoms with Crippen LogP contribution in [-0.2, 0) is 9.47 Å². The molecule has 8 nitrogen and oxygen atoms in total. The number of nitrogens with one attached hydrogen (secondary N) is 2. The van der Waals surface area contributed by atoms with Crippen molar-refractivity contribution in [2.45, 2.75) is 19.1 Å². The summed E-state index contributed by atoms with van der Waals surface area (Å²) >= 11 is 1.19. The fourth-order valence-corrected chi connectivity index (χ4v) is 2.30. The number of carbonyl (C=O) groups is 2. The Labute approximate surface area is 126 Å². The smallest absolute Gasteiger partial charge is 0.355 e. The van der Waals surface area contributed by atoms with Gasteiger partial charge in [-0.05, 0) is 6.92 Å². The molecule has 0 aliphatic heterocycles. The summed E-state index contributed by atoms with van der Waals surface area (Å²) in [6, 6.07) is -0.765. The van der Waals surface area contributed by atoms with Crippen LogP contribution in [0.25, 0.3) is 0 Å². The van der Waals surface area contributed by atoms with Crippen LogP contribution in [0.15, 0.2) is 5.38 Å². The average Bonchev–Trinajstić information content (AvgIpc) is 2.93. The first-order chi connectivity index (χ1) is 9.97. The molecule has 118 valence electrons. The van der Waals surface area contributed by atoms with E-state index in [4.69, 9.17) is 14.6 Å². The summed E-state index contributed by atoms with van der Waals surface area (Å²) in [4.78, 5) is 26.4. The molecule has 1 heterocycles. The second-order valence-electron chi connectivity index (χ2n) is 4.27. The Morgan fingerprint density at radius 1 is 1.48 bits per heavy atom. The maximum Gasteiger partial charge on any atom is 0.355 e. The monoisotopic (exact) mass is 317 g/mol. The largest absolute Gasteiger partial charge is 0.476 e. The lowest BCUT2D eigenvalue weighted by Gasteiger charge is -2.17. The number of carboxylic acid groups (broad SMARTS) is 1. The predicted octanol–water partition coefficient (Wildman–Crippen LogP) is 0.863. The molecular formula is C12H19N3O5S. The van der Waals surface area contributed by atoms with Crippen LogP contribution in [0.2, 0.25) is 0 Å². The lowest BCUT2D eigenvalue weighted by Crippen LogP contribution is -2.42. The van der Waals surface area contributed by atoms with E-state index in [1.165, 1.54) is 23.8 Å². The molecule has 0 spiro atoms. The highest BCUT2D eigenvalue weighted by atomic mass is 32.1. The van der Waals surface area contributed by atoms with Crippen LogP contribution < -0.4 is 10.6 Å². The highest BCUT2D eigenvalue weighted by Crippen LogP contribution is 2.17. The van der Waals surface area contributed by atoms with Gasteiger partial charge in [-0.15, -0.1) is 11.3 Å². The predicted molar refractivity (Wildman–Crippen MR) is 76.7 cm³/mol. The molecule has 0 saturated heterocycles. The van der Waals surface area contributed by atoms with Crippen molar-refractivity contribution in [1.82, 2.24) is 15.6 Å². The second-order valence-corrected chi connectivity index (χ2v) is 5.15. The molecular weight excluding hydrogens is 298 g/mol. The van der Waals surface area contributed by atoms with Crippen LogP contribution in [0.4, 0.5) is 4.79 Å². The van der Waals surface area contributed by atoms with Gasteiger partial charge in [0.15, 0.2) is 5.69 Å². The van der Waals surface area contributed by atoms with Crippen molar-refractivity contribution in [3.63, 3.8) is 0 Å². The minimum atomic E-state index is -1.09. The normalized spacial score (nSPS) is 13.5. The van der Waals surface area contributed by atoms with E-state index in [-0.39, 0.29) is 23.9 Å². The highest BCUT2D eigenvalue weighted by molar-refractivity contribution is 7.09. The van der Waals surface area contributed by atoms with E-state index in [9.17, 15) is 9.59 Å². The van der Waals surface area contributed by atoms with Crippen molar-refractivity contribution in [2.75, 3.05) is 27.4 Å². The molecule has 21 heavy (non-hydrogen) atoms. The minimum Gasteiger partial charge on any atom is -0.476 e. The summed E-state index contributed by atoms with van der Waals surface area (Å²) in [6.45, 7) is 2.41. The van der Waals surface area contributed by atoms with Gasteiger partial charge in [0.2, 0.25) is 0 Å². The number of urea groups is 1. The zero-order chi connectivity index (χ0) is 15.8. The number of aromatic nitrogens is 1. The third-order valence-corrected chi connectivity index (χ3v) is 3.66. The Hall–Kier alpha value is -1.71. The number of hydrogen-bond acceptors (Lipinski definition) is 6. The fraction of sp³-hybridized carbons (Fsp3) is 0.583. The number of hydrogen-bond donors (Lipinski definition) is 3. The molecule has 3 N–H and O–H groups in total. The summed E-state index contributed by atoms with van der Waals surface area (Å²) in [6.07, 6.45) is -0.227. The number of amides is 2. The quantitative estimate of drug-likeness (QED) is 0.656. The lowest BCUT2D eigenvalue weighted by atomic mass is 10.3. The number of thiazole rings is 1. The standard InChI is InChI=1S/C12H19N3O5S/c1-7(10-15-9(6-21-10)11(16)17)14-12(18)13-4-8(20-3)5-19-2/h6-8H,4-5H2,1-3H3,(H,16,17)(H2,13,14,18). The van der Waals surface area contributed by atoms with Crippen molar-refractivity contribution < 1.29 is 24.2 Å². The summed E-state index contributed by atoms with van der Waals surface area (Å²) in [5, 5.41) is 16.1. The molecule has 9 heteroatoms. The molecule has 2 unspecified atom stereocenters. The van der Waals surface area contributed by atoms with Crippen molar-refractivity contribution in [2.24, 2.45) is 0 Å². The summed E-state index contributed by atoms with van der Waals surface area (Å²) < 4.78 is 10.1. The number of ether oxygens (including phenoxy) is 2. The SMILES string of the molecule is COCC(CNC(=O)NC(C)c1nc(C(=O)O)cs1)OC. The number of methoxy groups -OCH3 is 2. The van der Waals surface area contributed by atoms with Gasteiger partial charge in [-0.25, -0.2) is 14.6 Å². The molecule has 2 atom stereocenters. The molecule has 0 radical (unpaired) electrons. The van der Waals surface area contributed by atoms with Crippen LogP contribution in [0.5, 0.6) is 0 Å². The number of carbonyl (C=O) groups excluding carboxylic acids is 1. The van der Waals surface area contributed by atoms with E-state index >= 15 is 0 Å². The molecule has 1 aromatic heterocycles. The molecule has 0 aliphatic rings. The number of rotatable bonds is 8. The average molecular weight is 317 g/mol. The Morgan fingerprint density at radius 2 is 2.19 bits per heavy atom. The van der Waals surface area contributed by atoms with Crippen molar-refractivity contribution in [3.05, 3.63) is 16.1 Å². The number of aromatic carboxylic acids is 1. The molecule has 0 aromatic carbocycles. The Kier molecular flexibility index (Phi) is 7.06. The molecule has 0 fully saturated rings. The highest BCUT2D eigenvalue weighted by Gasteiger charge is 2.16. The molecule has 0 saturated carbocycles. The molecule has 2 amide bonds. The Morgan fingerprint density at radius 3 is 2.71 bits per heavy atom. The number of nitrogens with zero attached hydrogens (tertiary/aromatic N) is 1. The Balaban J connectivity index is 2.44. The van der Waals surface area contributed by atoms with Crippen molar-refractivity contribution >= 4 is 23.3 Å². The lowest BCUT2D eigenvalue weighted by molar-refractivity contribution is 0.0304. The van der Waals surface area contributed by atoms with Gasteiger partial charge in [0.1, 0.15) is 5.01 Å². The van der Waals surface area contributed by atoms with E-state index in [0.717, 1.165) is 0 Å². The minimum absolute atomic E-state index is 0.0244. The van der Waals surface area contributed by atoms with Gasteiger partial charge in [0, 0.05) is 26.1 Å². The van der Waals surface area contributed by atoms with Crippen LogP contribution in [-0.4, -0.2) is 55.6 Å². The van der Waals surface area contributed by atoms with E-state index in [0.29, 0.717) is 18.2 Å². The first-order valence-corrected chi connectivity index (χ1v) is 7.10. The zero-order valence-electron chi connectivity index (χ0n) is 12.1. The van der Waals surface area contributed by atoms with Gasteiger partial charge in [-0.1, -0.05) is 0 Å². The van der Waals surface area contributed by atoms with Gasteiger partial charge in [0.05, 0.1) is 18.8 Å². The topological polar surface area (TPSA) is 110 Å². The molecule has 1 rings (SSSR count). The molecule has 0 aliphatic carbocycles. The summed E-state index contributed by atoms with van der Waals surface area (Å²) in [5.74, 6) is -1.09. The van der Waals surface area contributed by atoms with Crippen LogP contribution in [0.1, 0.15) is 28.5 Å². The summed E-state index contributed by atoms with van der Waals surface area (Å²) in [7, 11) is 3.09. The van der Waals surface area contributed by atoms with Gasteiger partial charge in [0.25, 0.3) is 0 Å². The maximum atomic E-state index is 11.7. The van der Waals surface area contributed by atoms with E-state index in [1.807, 2.05) is 0 Å². The van der Waals surface area contributed by atoms with E-state index < -0.39 is 5.97 Å². The third kappa shape index (κ3) is 5.66. The van der Waals surface area contributed by atoms with Gasteiger partial charge < -0.3 is 25.2 Å². The molecule has 1 aromatic rings. The second kappa shape index (κ2) is 8.55. The van der Waals surface area contributed by atoms with Crippen LogP contribution in [0.3, 0.4) is 0 Å². The summed E-state index contributed by atoms with van der Waals surface area (Å²) in [5.41, 5.74) is -0.0244. The fourth-order valence-electron chi connectivity index (χ4n) is 1.50. The van der Waals surface area contributed by atoms with Gasteiger partial charge in [-0.3, -0.25) is 0 Å².